The van der Waals surface area contributed by atoms with Crippen molar-refractivity contribution in [1.29, 1.82) is 0 Å². The minimum Gasteiger partial charge on any atom is -0.309 e. The van der Waals surface area contributed by atoms with E-state index in [0.717, 1.165) is 61.2 Å². The monoisotopic (exact) mass is 629 g/mol. The van der Waals surface area contributed by atoms with Crippen molar-refractivity contribution in [2.45, 2.75) is 47.0 Å². The lowest BCUT2D eigenvalue weighted by Gasteiger charge is -2.29. The van der Waals surface area contributed by atoms with E-state index >= 15 is 0 Å². The molecule has 5 aromatic carbocycles. The summed E-state index contributed by atoms with van der Waals surface area (Å²) in [6.07, 6.45) is 3.79. The topological polar surface area (TPSA) is 30.9 Å². The lowest BCUT2D eigenvalue weighted by molar-refractivity contribution is 0.406. The number of hydrogen-bond donors (Lipinski definition) is 0. The standard InChI is InChI=1S/C43H40N5/c1-29-23-24-44-41(25-29)48-37-18-8-7-17-35(37)36-22-21-34(27-40(36)48)47(42-30(2)13-11-14-31(42)3)33-16-12-15-32(26-33)45-28-46(43(4,5)6)39-20-10-9-19-38(39)45/h7-28H,1-6H3/q+1/i1D3. The van der Waals surface area contributed by atoms with E-state index in [1.165, 1.54) is 5.52 Å². The zero-order valence-corrected chi connectivity index (χ0v) is 27.9. The zero-order chi connectivity index (χ0) is 35.7. The third-order valence-corrected chi connectivity index (χ3v) is 9.27. The predicted octanol–water partition coefficient (Wildman–Crippen LogP) is 11.4. The van der Waals surface area contributed by atoms with Gasteiger partial charge in [0.1, 0.15) is 11.5 Å². The van der Waals surface area contributed by atoms with E-state index in [9.17, 15) is 0 Å². The third kappa shape index (κ3) is 4.85. The molecule has 3 aromatic heterocycles. The molecule has 0 saturated carbocycles. The molecule has 0 atom stereocenters. The number of aryl methyl sites for hydroxylation is 3. The molecule has 236 valence electrons. The first-order valence-electron chi connectivity index (χ1n) is 17.9. The maximum atomic E-state index is 8.08. The van der Waals surface area contributed by atoms with Gasteiger partial charge in [0.2, 0.25) is 0 Å². The van der Waals surface area contributed by atoms with E-state index < -0.39 is 6.85 Å². The first-order chi connectivity index (χ1) is 24.4. The van der Waals surface area contributed by atoms with Gasteiger partial charge in [-0.15, -0.1) is 0 Å². The van der Waals surface area contributed by atoms with Gasteiger partial charge in [0.15, 0.2) is 17.4 Å². The average molecular weight is 630 g/mol. The quantitative estimate of drug-likeness (QED) is 0.177. The van der Waals surface area contributed by atoms with Crippen molar-refractivity contribution in [1.82, 2.24) is 18.7 Å². The largest absolute Gasteiger partial charge is 0.309 e. The van der Waals surface area contributed by atoms with Gasteiger partial charge < -0.3 is 4.90 Å². The van der Waals surface area contributed by atoms with Crippen LogP contribution < -0.4 is 4.90 Å². The molecule has 0 bridgehead atoms. The second-order valence-electron chi connectivity index (χ2n) is 13.6. The van der Waals surface area contributed by atoms with Crippen LogP contribution in [0.3, 0.4) is 0 Å². The van der Waals surface area contributed by atoms with Crippen LogP contribution in [0.4, 0.5) is 17.1 Å². The van der Waals surface area contributed by atoms with Gasteiger partial charge in [0, 0.05) is 51.0 Å². The number of pyridine rings is 1. The van der Waals surface area contributed by atoms with Crippen LogP contribution in [-0.4, -0.2) is 18.7 Å². The fourth-order valence-electron chi connectivity index (χ4n) is 7.08. The molecule has 0 spiro atoms. The van der Waals surface area contributed by atoms with Crippen molar-refractivity contribution < 1.29 is 4.11 Å². The first-order valence-corrected chi connectivity index (χ1v) is 16.4. The van der Waals surface area contributed by atoms with Gasteiger partial charge in [-0.2, -0.15) is 4.57 Å². The van der Waals surface area contributed by atoms with Crippen LogP contribution in [0.15, 0.2) is 134 Å². The van der Waals surface area contributed by atoms with Crippen molar-refractivity contribution in [3.63, 3.8) is 0 Å². The van der Waals surface area contributed by atoms with E-state index in [-0.39, 0.29) is 11.1 Å². The Hall–Kier alpha value is -5.68. The molecule has 0 aliphatic rings. The van der Waals surface area contributed by atoms with Gasteiger partial charge in [0.05, 0.1) is 27.9 Å². The number of rotatable bonds is 5. The number of fused-ring (bicyclic) bond motifs is 4. The van der Waals surface area contributed by atoms with Crippen LogP contribution in [0.5, 0.6) is 0 Å². The Morgan fingerprint density at radius 1 is 0.667 bits per heavy atom. The van der Waals surface area contributed by atoms with Crippen LogP contribution in [-0.2, 0) is 5.54 Å². The normalized spacial score (nSPS) is 13.1. The van der Waals surface area contributed by atoms with Crippen molar-refractivity contribution in [2.24, 2.45) is 0 Å². The number of nitrogens with zero attached hydrogens (tertiary/aromatic N) is 5. The van der Waals surface area contributed by atoms with E-state index in [1.54, 1.807) is 18.3 Å². The molecule has 0 aliphatic heterocycles. The molecular weight excluding hydrogens is 587 g/mol. The van der Waals surface area contributed by atoms with Gasteiger partial charge in [-0.25, -0.2) is 9.55 Å². The predicted molar refractivity (Wildman–Crippen MR) is 202 cm³/mol. The van der Waals surface area contributed by atoms with E-state index in [2.05, 4.69) is 157 Å². The maximum Gasteiger partial charge on any atom is 0.191 e. The minimum absolute atomic E-state index is 0.0987. The van der Waals surface area contributed by atoms with Crippen LogP contribution >= 0.6 is 0 Å². The molecule has 5 nitrogen and oxygen atoms in total. The molecule has 48 heavy (non-hydrogen) atoms. The second kappa shape index (κ2) is 11.2. The summed E-state index contributed by atoms with van der Waals surface area (Å²) >= 11 is 0. The molecule has 8 rings (SSSR count). The van der Waals surface area contributed by atoms with Gasteiger partial charge in [0.25, 0.3) is 0 Å². The summed E-state index contributed by atoms with van der Waals surface area (Å²) < 4.78 is 30.9. The SMILES string of the molecule is [2H]C([2H])([2H])c1ccnc(-n2c3ccccc3c3ccc(N(c4cccc(-n5[cH+]n(C(C)(C)C)c6ccccc65)c4)c4c(C)cccc4C)cc32)c1. The number of anilines is 3. The van der Waals surface area contributed by atoms with Crippen LogP contribution in [0.1, 0.15) is 41.6 Å². The van der Waals surface area contributed by atoms with E-state index in [0.29, 0.717) is 5.82 Å². The molecule has 0 fully saturated rings. The van der Waals surface area contributed by atoms with Gasteiger partial charge in [-0.05, 0) is 113 Å². The Bertz CT molecular complexity index is 2580. The minimum atomic E-state index is -2.25. The Morgan fingerprint density at radius 3 is 2.12 bits per heavy atom. The molecular formula is C43H40N5+. The number of hydrogen-bond acceptors (Lipinski definition) is 2. The van der Waals surface area contributed by atoms with Gasteiger partial charge in [-0.1, -0.05) is 42.5 Å². The van der Waals surface area contributed by atoms with Crippen molar-refractivity contribution in [3.05, 3.63) is 151 Å². The van der Waals surface area contributed by atoms with E-state index in [1.807, 2.05) is 12.1 Å². The molecule has 3 heterocycles. The number of para-hydroxylation sites is 4. The second-order valence-corrected chi connectivity index (χ2v) is 13.6. The molecule has 0 N–H and O–H groups in total. The Balaban J connectivity index is 1.37. The van der Waals surface area contributed by atoms with Crippen molar-refractivity contribution >= 4 is 49.9 Å². The third-order valence-electron chi connectivity index (χ3n) is 9.27. The highest BCUT2D eigenvalue weighted by Gasteiger charge is 2.26. The van der Waals surface area contributed by atoms with Crippen molar-refractivity contribution in [2.75, 3.05) is 4.90 Å². The average Bonchev–Trinajstić information content (AvgIpc) is 3.66. The maximum absolute atomic E-state index is 8.08. The first kappa shape index (κ1) is 26.4. The summed E-state index contributed by atoms with van der Waals surface area (Å²) in [5, 5.41) is 2.14. The lowest BCUT2D eigenvalue weighted by Crippen LogP contribution is -2.20. The summed E-state index contributed by atoms with van der Waals surface area (Å²) in [6.45, 7) is 8.76. The van der Waals surface area contributed by atoms with Gasteiger partial charge in [-0.3, -0.25) is 4.57 Å². The Kier molecular flexibility index (Phi) is 6.18. The fourth-order valence-corrected chi connectivity index (χ4v) is 7.08. The van der Waals surface area contributed by atoms with Gasteiger partial charge >= 0.3 is 0 Å². The van der Waals surface area contributed by atoms with Crippen LogP contribution in [0.25, 0.3) is 44.3 Å². The van der Waals surface area contributed by atoms with Crippen molar-refractivity contribution in [3.8, 4) is 11.5 Å². The van der Waals surface area contributed by atoms with Crippen LogP contribution in [0, 0.1) is 20.7 Å². The number of aromatic nitrogens is 4. The molecule has 0 unspecified atom stereocenters. The Labute approximate surface area is 286 Å². The zero-order valence-electron chi connectivity index (χ0n) is 30.9. The smallest absolute Gasteiger partial charge is 0.191 e. The highest BCUT2D eigenvalue weighted by molar-refractivity contribution is 6.10. The lowest BCUT2D eigenvalue weighted by atomic mass is 10.0. The highest BCUT2D eigenvalue weighted by atomic mass is 15.2. The summed E-state index contributed by atoms with van der Waals surface area (Å²) in [4.78, 5) is 7.04. The molecule has 0 amide bonds. The molecule has 0 radical (unpaired) electrons. The molecule has 0 aliphatic carbocycles. The molecule has 5 heteroatoms. The summed E-state index contributed by atoms with van der Waals surface area (Å²) in [6, 6.07) is 41.7. The molecule has 8 aromatic rings. The fraction of sp³-hybridized carbons (Fsp3) is 0.163. The Morgan fingerprint density at radius 2 is 1.35 bits per heavy atom. The number of imidazole rings is 1. The van der Waals surface area contributed by atoms with Crippen LogP contribution in [0.2, 0.25) is 0 Å². The molecule has 0 saturated heterocycles. The number of benzene rings is 5. The summed E-state index contributed by atoms with van der Waals surface area (Å²) in [5.41, 5.74) is 10.9. The summed E-state index contributed by atoms with van der Waals surface area (Å²) in [5.74, 6) is 0.569. The highest BCUT2D eigenvalue weighted by Crippen LogP contribution is 2.42. The van der Waals surface area contributed by atoms with E-state index in [4.69, 9.17) is 9.10 Å². The summed E-state index contributed by atoms with van der Waals surface area (Å²) in [7, 11) is 0.